The van der Waals surface area contributed by atoms with Crippen molar-refractivity contribution in [3.63, 3.8) is 0 Å². The maximum Gasteiger partial charge on any atom is 0.243 e. The number of carbonyl (C=O) groups is 2. The second-order valence-electron chi connectivity index (χ2n) is 6.14. The normalized spacial score (nSPS) is 10.3. The number of aryl methyl sites for hydroxylation is 1. The van der Waals surface area contributed by atoms with Gasteiger partial charge in [-0.3, -0.25) is 9.59 Å². The largest absolute Gasteiger partial charge is 0.375 e. The molecule has 138 valence electrons. The zero-order valence-electron chi connectivity index (χ0n) is 15.3. The number of hydrogen-bond acceptors (Lipinski definition) is 3. The minimum atomic E-state index is -0.171. The Balaban J connectivity index is 1.98. The van der Waals surface area contributed by atoms with Crippen molar-refractivity contribution in [3.05, 3.63) is 52.5 Å². The van der Waals surface area contributed by atoms with Gasteiger partial charge in [-0.2, -0.15) is 0 Å². The Bertz CT molecular complexity index is 806. The second kappa shape index (κ2) is 9.25. The third kappa shape index (κ3) is 5.49. The third-order valence-electron chi connectivity index (χ3n) is 4.05. The molecule has 2 amide bonds. The Morgan fingerprint density at radius 2 is 1.77 bits per heavy atom. The van der Waals surface area contributed by atoms with Crippen LogP contribution in [0.2, 0.25) is 5.02 Å². The van der Waals surface area contributed by atoms with Gasteiger partial charge in [-0.05, 0) is 55.7 Å². The van der Waals surface area contributed by atoms with Gasteiger partial charge >= 0.3 is 0 Å². The van der Waals surface area contributed by atoms with Crippen molar-refractivity contribution in [3.8, 4) is 0 Å². The van der Waals surface area contributed by atoms with Crippen LogP contribution in [0.5, 0.6) is 0 Å². The van der Waals surface area contributed by atoms with Gasteiger partial charge in [0.2, 0.25) is 11.8 Å². The minimum absolute atomic E-state index is 0.0477. The Morgan fingerprint density at radius 3 is 2.50 bits per heavy atom. The molecule has 0 bridgehead atoms. The van der Waals surface area contributed by atoms with Crippen molar-refractivity contribution in [2.75, 3.05) is 22.5 Å². The minimum Gasteiger partial charge on any atom is -0.375 e. The zero-order chi connectivity index (χ0) is 19.1. The van der Waals surface area contributed by atoms with Crippen molar-refractivity contribution in [1.82, 2.24) is 0 Å². The van der Waals surface area contributed by atoms with Gasteiger partial charge in [0, 0.05) is 17.8 Å². The summed E-state index contributed by atoms with van der Waals surface area (Å²) >= 11 is 6.18. The number of anilines is 3. The van der Waals surface area contributed by atoms with Crippen molar-refractivity contribution in [2.45, 2.75) is 33.6 Å². The molecule has 0 fully saturated rings. The first kappa shape index (κ1) is 19.8. The van der Waals surface area contributed by atoms with Crippen molar-refractivity contribution in [1.29, 1.82) is 0 Å². The fourth-order valence-corrected chi connectivity index (χ4v) is 2.63. The monoisotopic (exact) mass is 373 g/mol. The van der Waals surface area contributed by atoms with Gasteiger partial charge in [0.05, 0.1) is 17.3 Å². The van der Waals surface area contributed by atoms with Crippen LogP contribution >= 0.6 is 11.6 Å². The first-order chi connectivity index (χ1) is 12.4. The summed E-state index contributed by atoms with van der Waals surface area (Å²) in [5.41, 5.74) is 4.19. The average Bonchev–Trinajstić information content (AvgIpc) is 2.59. The Hall–Kier alpha value is -2.53. The third-order valence-corrected chi connectivity index (χ3v) is 4.37. The molecule has 0 radical (unpaired) electrons. The number of rotatable bonds is 7. The summed E-state index contributed by atoms with van der Waals surface area (Å²) < 4.78 is 0. The van der Waals surface area contributed by atoms with E-state index in [9.17, 15) is 9.59 Å². The quantitative estimate of drug-likeness (QED) is 0.656. The van der Waals surface area contributed by atoms with Crippen LogP contribution in [0.4, 0.5) is 17.1 Å². The van der Waals surface area contributed by atoms with Crippen LogP contribution < -0.4 is 16.0 Å². The molecule has 0 saturated heterocycles. The van der Waals surface area contributed by atoms with Crippen LogP contribution in [0.15, 0.2) is 36.4 Å². The van der Waals surface area contributed by atoms with Crippen molar-refractivity contribution in [2.24, 2.45) is 0 Å². The van der Waals surface area contributed by atoms with Gasteiger partial charge in [0.1, 0.15) is 0 Å². The maximum atomic E-state index is 12.2. The zero-order valence-corrected chi connectivity index (χ0v) is 16.0. The molecule has 6 heteroatoms. The average molecular weight is 374 g/mol. The molecule has 0 aliphatic heterocycles. The fraction of sp³-hybridized carbons (Fsp3) is 0.300. The number of nitrogens with one attached hydrogen (secondary N) is 3. The Labute approximate surface area is 159 Å². The molecule has 5 nitrogen and oxygen atoms in total. The van der Waals surface area contributed by atoms with Crippen LogP contribution in [0.25, 0.3) is 0 Å². The highest BCUT2D eigenvalue weighted by molar-refractivity contribution is 6.33. The number of benzene rings is 2. The summed E-state index contributed by atoms with van der Waals surface area (Å²) in [6.45, 7) is 5.99. The standard InChI is InChI=1S/C20H24ClN3O2/c1-4-6-19(25)23-15-9-10-16(21)18(11-15)22-12-20(26)24-17-8-5-7-13(2)14(17)3/h5,7-11,22H,4,6,12H2,1-3H3,(H,23,25)(H,24,26). The lowest BCUT2D eigenvalue weighted by molar-refractivity contribution is -0.116. The molecule has 0 unspecified atom stereocenters. The van der Waals surface area contributed by atoms with Crippen LogP contribution in [-0.4, -0.2) is 18.4 Å². The molecule has 2 aromatic rings. The second-order valence-corrected chi connectivity index (χ2v) is 6.55. The van der Waals surface area contributed by atoms with Crippen LogP contribution in [-0.2, 0) is 9.59 Å². The molecular weight excluding hydrogens is 350 g/mol. The highest BCUT2D eigenvalue weighted by Gasteiger charge is 2.09. The molecule has 3 N–H and O–H groups in total. The Kier molecular flexibility index (Phi) is 7.04. The van der Waals surface area contributed by atoms with Crippen LogP contribution in [0, 0.1) is 13.8 Å². The summed E-state index contributed by atoms with van der Waals surface area (Å²) in [4.78, 5) is 23.9. The van der Waals surface area contributed by atoms with Gasteiger partial charge in [0.15, 0.2) is 0 Å². The van der Waals surface area contributed by atoms with Crippen molar-refractivity contribution < 1.29 is 9.59 Å². The van der Waals surface area contributed by atoms with Crippen molar-refractivity contribution >= 4 is 40.5 Å². The van der Waals surface area contributed by atoms with E-state index in [1.807, 2.05) is 39.0 Å². The molecule has 0 spiro atoms. The van der Waals surface area contributed by atoms with Crippen LogP contribution in [0.3, 0.4) is 0 Å². The molecule has 0 aromatic heterocycles. The summed E-state index contributed by atoms with van der Waals surface area (Å²) in [7, 11) is 0. The van der Waals surface area contributed by atoms with E-state index in [4.69, 9.17) is 11.6 Å². The molecule has 2 rings (SSSR count). The van der Waals surface area contributed by atoms with E-state index in [2.05, 4.69) is 16.0 Å². The van der Waals surface area contributed by atoms with Gasteiger partial charge in [-0.15, -0.1) is 0 Å². The van der Waals surface area contributed by atoms with Gasteiger partial charge in [-0.1, -0.05) is 30.7 Å². The SMILES string of the molecule is CCCC(=O)Nc1ccc(Cl)c(NCC(=O)Nc2cccc(C)c2C)c1. The summed E-state index contributed by atoms with van der Waals surface area (Å²) in [6.07, 6.45) is 1.24. The first-order valence-corrected chi connectivity index (χ1v) is 8.98. The van der Waals surface area contributed by atoms with E-state index in [-0.39, 0.29) is 18.4 Å². The van der Waals surface area contributed by atoms with E-state index in [0.29, 0.717) is 22.8 Å². The van der Waals surface area contributed by atoms with E-state index in [0.717, 1.165) is 23.2 Å². The van der Waals surface area contributed by atoms with Crippen LogP contribution in [0.1, 0.15) is 30.9 Å². The highest BCUT2D eigenvalue weighted by atomic mass is 35.5. The lowest BCUT2D eigenvalue weighted by Crippen LogP contribution is -2.22. The number of halogens is 1. The number of amides is 2. The predicted octanol–water partition coefficient (Wildman–Crippen LogP) is 4.75. The molecule has 0 heterocycles. The topological polar surface area (TPSA) is 70.2 Å². The molecule has 0 atom stereocenters. The lowest BCUT2D eigenvalue weighted by atomic mass is 10.1. The van der Waals surface area contributed by atoms with E-state index in [1.165, 1.54) is 0 Å². The number of hydrogen-bond donors (Lipinski definition) is 3. The van der Waals surface area contributed by atoms with E-state index >= 15 is 0 Å². The van der Waals surface area contributed by atoms with E-state index in [1.54, 1.807) is 18.2 Å². The van der Waals surface area contributed by atoms with Gasteiger partial charge in [0.25, 0.3) is 0 Å². The molecule has 0 aliphatic carbocycles. The number of carbonyl (C=O) groups excluding carboxylic acids is 2. The summed E-state index contributed by atoms with van der Waals surface area (Å²) in [5.74, 6) is -0.219. The molecule has 0 aliphatic rings. The predicted molar refractivity (Wildman–Crippen MR) is 108 cm³/mol. The molecule has 0 saturated carbocycles. The van der Waals surface area contributed by atoms with E-state index < -0.39 is 0 Å². The highest BCUT2D eigenvalue weighted by Crippen LogP contribution is 2.25. The summed E-state index contributed by atoms with van der Waals surface area (Å²) in [6, 6.07) is 10.9. The first-order valence-electron chi connectivity index (χ1n) is 8.60. The Morgan fingerprint density at radius 1 is 1.00 bits per heavy atom. The molecule has 2 aromatic carbocycles. The molecule has 26 heavy (non-hydrogen) atoms. The lowest BCUT2D eigenvalue weighted by Gasteiger charge is -2.13. The molecular formula is C20H24ClN3O2. The van der Waals surface area contributed by atoms with Gasteiger partial charge in [-0.25, -0.2) is 0 Å². The maximum absolute atomic E-state index is 12.2. The smallest absolute Gasteiger partial charge is 0.243 e. The summed E-state index contributed by atoms with van der Waals surface area (Å²) in [5, 5.41) is 9.21. The fourth-order valence-electron chi connectivity index (χ4n) is 2.45. The van der Waals surface area contributed by atoms with Gasteiger partial charge < -0.3 is 16.0 Å².